The molecule has 27 heavy (non-hydrogen) atoms. The maximum atomic E-state index is 10.1. The summed E-state index contributed by atoms with van der Waals surface area (Å²) in [6.45, 7) is 6.27. The molecule has 0 aromatic rings. The molecule has 0 heterocycles. The highest BCUT2D eigenvalue weighted by atomic mass is 16.4. The molecule has 1 unspecified atom stereocenters. The zero-order valence-corrected chi connectivity index (χ0v) is 19.0. The number of rotatable bonds is 13. The Bertz CT molecular complexity index is 330. The summed E-state index contributed by atoms with van der Waals surface area (Å²) in [5.74, 6) is -1.62. The molecule has 0 radical (unpaired) electrons. The average Bonchev–Trinajstić information content (AvgIpc) is 2.55. The first-order valence-corrected chi connectivity index (χ1v) is 10.3. The molecule has 0 aliphatic carbocycles. The molecule has 0 aliphatic heterocycles. The summed E-state index contributed by atoms with van der Waals surface area (Å²) >= 11 is 0. The predicted octanol–water partition coefficient (Wildman–Crippen LogP) is 4.58. The summed E-state index contributed by atoms with van der Waals surface area (Å²) in [7, 11) is 7.79. The molecule has 0 bridgehead atoms. The second kappa shape index (κ2) is 22.9. The van der Waals surface area contributed by atoms with Crippen molar-refractivity contribution in [1.29, 1.82) is 0 Å². The highest BCUT2D eigenvalue weighted by molar-refractivity contribution is 5.72. The molecule has 0 spiro atoms. The van der Waals surface area contributed by atoms with Gasteiger partial charge in [-0.3, -0.25) is 14.5 Å². The summed E-state index contributed by atoms with van der Waals surface area (Å²) in [5.41, 5.74) is 0. The van der Waals surface area contributed by atoms with Crippen LogP contribution >= 0.6 is 0 Å². The first kappa shape index (κ1) is 30.6. The zero-order chi connectivity index (χ0) is 21.7. The van der Waals surface area contributed by atoms with E-state index in [0.717, 1.165) is 6.92 Å². The summed E-state index contributed by atoms with van der Waals surface area (Å²) in [4.78, 5) is 23.0. The van der Waals surface area contributed by atoms with Crippen LogP contribution < -0.4 is 0 Å². The van der Waals surface area contributed by atoms with E-state index >= 15 is 0 Å². The number of carboxylic acids is 2. The van der Waals surface area contributed by atoms with Crippen LogP contribution in [0.4, 0.5) is 0 Å². The molecule has 0 saturated carbocycles. The van der Waals surface area contributed by atoms with Crippen molar-refractivity contribution in [3.05, 3.63) is 0 Å². The van der Waals surface area contributed by atoms with Gasteiger partial charge in [0.15, 0.2) is 0 Å². The molecule has 6 nitrogen and oxygen atoms in total. The lowest BCUT2D eigenvalue weighted by Gasteiger charge is -2.13. The Balaban J connectivity index is -0.000000400. The van der Waals surface area contributed by atoms with Crippen LogP contribution in [0.15, 0.2) is 0 Å². The third kappa shape index (κ3) is 36.5. The van der Waals surface area contributed by atoms with Gasteiger partial charge in [0.05, 0.1) is 0 Å². The number of hydrogen-bond acceptors (Lipinski definition) is 4. The van der Waals surface area contributed by atoms with Gasteiger partial charge in [0.1, 0.15) is 6.04 Å². The summed E-state index contributed by atoms with van der Waals surface area (Å²) in [5, 5.41) is 15.7. The molecule has 1 atom stereocenters. The Morgan fingerprint density at radius 3 is 1.33 bits per heavy atom. The van der Waals surface area contributed by atoms with Gasteiger partial charge in [-0.15, -0.1) is 0 Å². The van der Waals surface area contributed by atoms with Crippen LogP contribution in [0, 0.1) is 0 Å². The van der Waals surface area contributed by atoms with Gasteiger partial charge in [-0.1, -0.05) is 64.7 Å². The number of unbranched alkanes of at least 4 members (excludes halogenated alkanes) is 9. The molecule has 0 aromatic heterocycles. The van der Waals surface area contributed by atoms with Crippen molar-refractivity contribution in [2.24, 2.45) is 0 Å². The largest absolute Gasteiger partial charge is 0.481 e. The lowest BCUT2D eigenvalue weighted by Crippen LogP contribution is -2.32. The maximum Gasteiger partial charge on any atom is 0.320 e. The van der Waals surface area contributed by atoms with Crippen molar-refractivity contribution in [1.82, 2.24) is 9.80 Å². The number of carboxylic acid groups (broad SMARTS) is 2. The van der Waals surface area contributed by atoms with E-state index in [1.54, 1.807) is 25.9 Å². The van der Waals surface area contributed by atoms with E-state index in [4.69, 9.17) is 15.0 Å². The first-order valence-electron chi connectivity index (χ1n) is 10.3. The van der Waals surface area contributed by atoms with E-state index in [0.29, 0.717) is 0 Å². The van der Waals surface area contributed by atoms with Crippen molar-refractivity contribution in [2.75, 3.05) is 34.7 Å². The zero-order valence-electron chi connectivity index (χ0n) is 19.0. The molecular formula is C21H46N2O4. The minimum Gasteiger partial charge on any atom is -0.481 e. The van der Waals surface area contributed by atoms with Crippen LogP contribution in [0.25, 0.3) is 0 Å². The molecule has 6 heteroatoms. The molecule has 164 valence electrons. The Morgan fingerprint density at radius 1 is 0.778 bits per heavy atom. The van der Waals surface area contributed by atoms with E-state index in [1.807, 2.05) is 0 Å². The third-order valence-corrected chi connectivity index (χ3v) is 4.09. The number of carbonyl (C=O) groups is 2. The minimum atomic E-state index is -0.833. The fourth-order valence-corrected chi connectivity index (χ4v) is 2.14. The molecule has 2 N–H and O–H groups in total. The van der Waals surface area contributed by atoms with Crippen LogP contribution in [0.2, 0.25) is 0 Å². The normalized spacial score (nSPS) is 11.3. The highest BCUT2D eigenvalue weighted by Gasteiger charge is 2.11. The number of hydrogen-bond donors (Lipinski definition) is 2. The summed E-state index contributed by atoms with van der Waals surface area (Å²) in [6.07, 6.45) is 14.4. The van der Waals surface area contributed by atoms with E-state index in [2.05, 4.69) is 25.9 Å². The van der Waals surface area contributed by atoms with Crippen LogP contribution in [-0.4, -0.2) is 72.7 Å². The molecule has 0 aromatic carbocycles. The van der Waals surface area contributed by atoms with Gasteiger partial charge >= 0.3 is 5.97 Å². The number of nitrogens with zero attached hydrogens (tertiary/aromatic N) is 2. The Hall–Kier alpha value is -1.14. The van der Waals surface area contributed by atoms with Gasteiger partial charge in [0.25, 0.3) is 5.97 Å². The first-order chi connectivity index (χ1) is 12.6. The van der Waals surface area contributed by atoms with Gasteiger partial charge in [-0.05, 0) is 48.1 Å². The van der Waals surface area contributed by atoms with E-state index in [9.17, 15) is 4.79 Å². The van der Waals surface area contributed by atoms with E-state index in [1.165, 1.54) is 70.8 Å². The highest BCUT2D eigenvalue weighted by Crippen LogP contribution is 2.10. The fraction of sp³-hybridized carbons (Fsp3) is 0.905. The number of aliphatic carboxylic acids is 2. The summed E-state index contributed by atoms with van der Waals surface area (Å²) < 4.78 is 0. The van der Waals surface area contributed by atoms with E-state index < -0.39 is 11.9 Å². The van der Waals surface area contributed by atoms with Crippen LogP contribution in [0.3, 0.4) is 0 Å². The Morgan fingerprint density at radius 2 is 1.11 bits per heavy atom. The smallest absolute Gasteiger partial charge is 0.320 e. The molecule has 0 saturated heterocycles. The molecule has 0 fully saturated rings. The lowest BCUT2D eigenvalue weighted by atomic mass is 10.1. The van der Waals surface area contributed by atoms with Gasteiger partial charge < -0.3 is 15.1 Å². The van der Waals surface area contributed by atoms with Gasteiger partial charge in [-0.25, -0.2) is 0 Å². The van der Waals surface area contributed by atoms with Crippen molar-refractivity contribution in [2.45, 2.75) is 91.0 Å². The van der Waals surface area contributed by atoms with Gasteiger partial charge in [-0.2, -0.15) is 0 Å². The van der Waals surface area contributed by atoms with Crippen molar-refractivity contribution in [3.63, 3.8) is 0 Å². The maximum absolute atomic E-state index is 10.1. The molecule has 0 aliphatic rings. The average molecular weight is 391 g/mol. The van der Waals surface area contributed by atoms with Gasteiger partial charge in [0, 0.05) is 6.92 Å². The SMILES string of the molecule is CC(=O)O.CC(C(=O)O)N(C)C.CCCCCCCCCCCCN(C)C. The second-order valence-electron chi connectivity index (χ2n) is 7.48. The Labute approximate surface area is 167 Å². The summed E-state index contributed by atoms with van der Waals surface area (Å²) in [6, 6.07) is -0.380. The lowest BCUT2D eigenvalue weighted by molar-refractivity contribution is -0.141. The minimum absolute atomic E-state index is 0.380. The van der Waals surface area contributed by atoms with Crippen LogP contribution in [0.5, 0.6) is 0 Å². The van der Waals surface area contributed by atoms with Crippen LogP contribution in [-0.2, 0) is 9.59 Å². The second-order valence-corrected chi connectivity index (χ2v) is 7.48. The number of likely N-dealkylation sites (N-methyl/N-ethyl adjacent to an activating group) is 1. The quantitative estimate of drug-likeness (QED) is 0.448. The molecule has 0 rings (SSSR count). The fourth-order valence-electron chi connectivity index (χ4n) is 2.14. The standard InChI is InChI=1S/C14H31N.C5H11NO2.C2H4O2/c1-4-5-6-7-8-9-10-11-12-13-14-15(2)3;1-4(5(7)8)6(2)3;1-2(3)4/h4-14H2,1-3H3;4H,1-3H3,(H,7,8);1H3,(H,3,4). The predicted molar refractivity (Wildman–Crippen MR) is 114 cm³/mol. The Kier molecular flexibility index (Phi) is 25.9. The van der Waals surface area contributed by atoms with Crippen LogP contribution in [0.1, 0.15) is 85.0 Å². The van der Waals surface area contributed by atoms with Crippen molar-refractivity contribution >= 4 is 11.9 Å². The van der Waals surface area contributed by atoms with E-state index in [-0.39, 0.29) is 6.04 Å². The molecular weight excluding hydrogens is 344 g/mol. The molecule has 0 amide bonds. The van der Waals surface area contributed by atoms with Crippen molar-refractivity contribution in [3.8, 4) is 0 Å². The van der Waals surface area contributed by atoms with Crippen molar-refractivity contribution < 1.29 is 19.8 Å². The monoisotopic (exact) mass is 390 g/mol. The van der Waals surface area contributed by atoms with Gasteiger partial charge in [0.2, 0.25) is 0 Å². The third-order valence-electron chi connectivity index (χ3n) is 4.09. The topological polar surface area (TPSA) is 81.1 Å².